The number of aromatic nitrogens is 1. The average Bonchev–Trinajstić information content (AvgIpc) is 3.22. The van der Waals surface area contributed by atoms with Crippen LogP contribution in [0.25, 0.3) is 11.3 Å². The van der Waals surface area contributed by atoms with Crippen molar-refractivity contribution in [2.45, 2.75) is 6.42 Å². The first-order valence-corrected chi connectivity index (χ1v) is 7.85. The van der Waals surface area contributed by atoms with Crippen molar-refractivity contribution in [2.24, 2.45) is 0 Å². The van der Waals surface area contributed by atoms with Gasteiger partial charge in [-0.25, -0.2) is 0 Å². The Morgan fingerprint density at radius 1 is 1.16 bits per heavy atom. The van der Waals surface area contributed by atoms with Crippen LogP contribution >= 0.6 is 0 Å². The number of anilines is 2. The number of hydrogen-bond acceptors (Lipinski definition) is 4. The van der Waals surface area contributed by atoms with E-state index in [1.807, 2.05) is 42.5 Å². The highest BCUT2D eigenvalue weighted by atomic mass is 16.5. The molecule has 4 rings (SSSR count). The Bertz CT molecular complexity index is 963. The van der Waals surface area contributed by atoms with E-state index in [1.165, 1.54) is 0 Å². The molecule has 25 heavy (non-hydrogen) atoms. The van der Waals surface area contributed by atoms with Gasteiger partial charge in [0.05, 0.1) is 6.42 Å². The largest absolute Gasteiger partial charge is 0.355 e. The molecule has 124 valence electrons. The van der Waals surface area contributed by atoms with Gasteiger partial charge in [0, 0.05) is 30.1 Å². The Labute approximate surface area is 144 Å². The van der Waals surface area contributed by atoms with Crippen molar-refractivity contribution in [2.75, 3.05) is 17.3 Å². The Balaban J connectivity index is 1.53. The summed E-state index contributed by atoms with van der Waals surface area (Å²) in [5.74, 6) is 0.220. The minimum absolute atomic E-state index is 0.0440. The fourth-order valence-electron chi connectivity index (χ4n) is 2.86. The predicted molar refractivity (Wildman–Crippen MR) is 93.4 cm³/mol. The topological polar surface area (TPSA) is 75.4 Å². The van der Waals surface area contributed by atoms with Crippen molar-refractivity contribution in [3.05, 3.63) is 65.9 Å². The minimum atomic E-state index is -0.358. The molecule has 0 bridgehead atoms. The van der Waals surface area contributed by atoms with E-state index in [0.717, 1.165) is 16.8 Å². The van der Waals surface area contributed by atoms with Gasteiger partial charge >= 0.3 is 0 Å². The number of benzene rings is 2. The fourth-order valence-corrected chi connectivity index (χ4v) is 2.86. The molecule has 1 aliphatic heterocycles. The van der Waals surface area contributed by atoms with E-state index in [1.54, 1.807) is 24.1 Å². The average molecular weight is 333 g/mol. The maximum Gasteiger partial charge on any atom is 0.277 e. The molecule has 1 N–H and O–H groups in total. The second-order valence-electron chi connectivity index (χ2n) is 5.87. The second kappa shape index (κ2) is 5.90. The van der Waals surface area contributed by atoms with E-state index in [4.69, 9.17) is 4.52 Å². The number of amides is 2. The molecule has 2 aromatic carbocycles. The maximum atomic E-state index is 12.4. The third kappa shape index (κ3) is 2.78. The molecule has 0 aliphatic carbocycles. The van der Waals surface area contributed by atoms with E-state index in [0.29, 0.717) is 17.9 Å². The van der Waals surface area contributed by atoms with Crippen molar-refractivity contribution in [1.82, 2.24) is 5.16 Å². The lowest BCUT2D eigenvalue weighted by molar-refractivity contribution is -0.117. The molecule has 2 heterocycles. The summed E-state index contributed by atoms with van der Waals surface area (Å²) in [5, 5.41) is 6.63. The number of carbonyl (C=O) groups is 2. The van der Waals surface area contributed by atoms with Crippen LogP contribution < -0.4 is 10.2 Å². The number of rotatable bonds is 3. The van der Waals surface area contributed by atoms with Crippen molar-refractivity contribution >= 4 is 23.2 Å². The number of carbonyl (C=O) groups excluding carboxylic acids is 2. The number of fused-ring (bicyclic) bond motifs is 1. The molecule has 0 fully saturated rings. The van der Waals surface area contributed by atoms with Crippen LogP contribution in [-0.2, 0) is 11.2 Å². The summed E-state index contributed by atoms with van der Waals surface area (Å²) in [4.78, 5) is 25.7. The molecule has 0 unspecified atom stereocenters. The molecular weight excluding hydrogens is 318 g/mol. The quantitative estimate of drug-likeness (QED) is 0.799. The molecule has 0 spiro atoms. The smallest absolute Gasteiger partial charge is 0.277 e. The molecular formula is C19H15N3O3. The molecule has 0 saturated heterocycles. The SMILES string of the molecule is CN1C(=O)Cc2cc(NC(=O)c3cc(-c4ccccc4)on3)ccc21. The van der Waals surface area contributed by atoms with Crippen LogP contribution in [-0.4, -0.2) is 24.0 Å². The zero-order chi connectivity index (χ0) is 17.4. The highest BCUT2D eigenvalue weighted by Gasteiger charge is 2.24. The molecule has 3 aromatic rings. The van der Waals surface area contributed by atoms with E-state index in [9.17, 15) is 9.59 Å². The number of nitrogens with zero attached hydrogens (tertiary/aromatic N) is 2. The number of likely N-dealkylation sites (N-methyl/N-ethyl adjacent to an activating group) is 1. The molecule has 2 amide bonds. The lowest BCUT2D eigenvalue weighted by atomic mass is 10.1. The highest BCUT2D eigenvalue weighted by molar-refractivity contribution is 6.05. The molecule has 0 saturated carbocycles. The van der Waals surface area contributed by atoms with Gasteiger partial charge in [0.25, 0.3) is 5.91 Å². The predicted octanol–water partition coefficient (Wildman–Crippen LogP) is 3.11. The summed E-state index contributed by atoms with van der Waals surface area (Å²) in [6.07, 6.45) is 0.345. The molecule has 6 nitrogen and oxygen atoms in total. The monoisotopic (exact) mass is 333 g/mol. The van der Waals surface area contributed by atoms with Gasteiger partial charge in [0.1, 0.15) is 0 Å². The van der Waals surface area contributed by atoms with Crippen LogP contribution in [0.3, 0.4) is 0 Å². The standard InChI is InChI=1S/C19H15N3O3/c1-22-16-8-7-14(9-13(16)10-18(22)23)20-19(24)15-11-17(25-21-15)12-5-3-2-4-6-12/h2-9,11H,10H2,1H3,(H,20,24). The number of hydrogen-bond donors (Lipinski definition) is 1. The fraction of sp³-hybridized carbons (Fsp3) is 0.105. The van der Waals surface area contributed by atoms with Crippen LogP contribution in [0.5, 0.6) is 0 Å². The first-order valence-electron chi connectivity index (χ1n) is 7.85. The summed E-state index contributed by atoms with van der Waals surface area (Å²) in [7, 11) is 1.74. The summed E-state index contributed by atoms with van der Waals surface area (Å²) in [6, 6.07) is 16.5. The van der Waals surface area contributed by atoms with Crippen molar-refractivity contribution in [3.8, 4) is 11.3 Å². The summed E-state index contributed by atoms with van der Waals surface area (Å²) < 4.78 is 5.25. The van der Waals surface area contributed by atoms with E-state index < -0.39 is 0 Å². The Hall–Kier alpha value is -3.41. The van der Waals surface area contributed by atoms with Gasteiger partial charge < -0.3 is 14.7 Å². The van der Waals surface area contributed by atoms with Crippen molar-refractivity contribution < 1.29 is 14.1 Å². The van der Waals surface area contributed by atoms with Crippen LogP contribution in [0.1, 0.15) is 16.1 Å². The van der Waals surface area contributed by atoms with Crippen molar-refractivity contribution in [3.63, 3.8) is 0 Å². The van der Waals surface area contributed by atoms with E-state index in [2.05, 4.69) is 10.5 Å². The van der Waals surface area contributed by atoms with E-state index >= 15 is 0 Å². The summed E-state index contributed by atoms with van der Waals surface area (Å²) >= 11 is 0. The molecule has 0 radical (unpaired) electrons. The van der Waals surface area contributed by atoms with Gasteiger partial charge in [-0.1, -0.05) is 35.5 Å². The lowest BCUT2D eigenvalue weighted by Crippen LogP contribution is -2.20. The second-order valence-corrected chi connectivity index (χ2v) is 5.87. The van der Waals surface area contributed by atoms with Gasteiger partial charge in [-0.15, -0.1) is 0 Å². The normalized spacial score (nSPS) is 13.0. The van der Waals surface area contributed by atoms with Gasteiger partial charge in [-0.2, -0.15) is 0 Å². The van der Waals surface area contributed by atoms with Gasteiger partial charge in [0.15, 0.2) is 11.5 Å². The zero-order valence-electron chi connectivity index (χ0n) is 13.5. The lowest BCUT2D eigenvalue weighted by Gasteiger charge is -2.10. The molecule has 1 aromatic heterocycles. The van der Waals surface area contributed by atoms with Crippen LogP contribution in [0.2, 0.25) is 0 Å². The minimum Gasteiger partial charge on any atom is -0.355 e. The van der Waals surface area contributed by atoms with Crippen molar-refractivity contribution in [1.29, 1.82) is 0 Å². The number of nitrogens with one attached hydrogen (secondary N) is 1. The first-order chi connectivity index (χ1) is 12.1. The van der Waals surface area contributed by atoms with E-state index in [-0.39, 0.29) is 17.5 Å². The van der Waals surface area contributed by atoms with Gasteiger partial charge in [0.2, 0.25) is 5.91 Å². The van der Waals surface area contributed by atoms with Crippen LogP contribution in [0, 0.1) is 0 Å². The summed E-state index contributed by atoms with van der Waals surface area (Å²) in [5.41, 5.74) is 3.45. The Morgan fingerprint density at radius 2 is 1.96 bits per heavy atom. The van der Waals surface area contributed by atoms with Gasteiger partial charge in [-0.3, -0.25) is 9.59 Å². The Kier molecular flexibility index (Phi) is 3.57. The zero-order valence-corrected chi connectivity index (χ0v) is 13.5. The summed E-state index contributed by atoms with van der Waals surface area (Å²) in [6.45, 7) is 0. The molecule has 0 atom stereocenters. The van der Waals surface area contributed by atoms with Crippen LogP contribution in [0.4, 0.5) is 11.4 Å². The van der Waals surface area contributed by atoms with Gasteiger partial charge in [-0.05, 0) is 23.8 Å². The highest BCUT2D eigenvalue weighted by Crippen LogP contribution is 2.30. The Morgan fingerprint density at radius 3 is 2.76 bits per heavy atom. The maximum absolute atomic E-state index is 12.4. The van der Waals surface area contributed by atoms with Crippen LogP contribution in [0.15, 0.2) is 59.1 Å². The third-order valence-electron chi connectivity index (χ3n) is 4.22. The molecule has 6 heteroatoms. The third-order valence-corrected chi connectivity index (χ3v) is 4.22. The molecule has 1 aliphatic rings. The first kappa shape index (κ1) is 15.1.